The number of para-hydroxylation sites is 1. The molecule has 0 aliphatic heterocycles. The smallest absolute Gasteiger partial charge is 0.364 e. The van der Waals surface area contributed by atoms with Gasteiger partial charge in [0, 0.05) is 5.39 Å². The molecule has 108 valence electrons. The molecule has 0 atom stereocenters. The van der Waals surface area contributed by atoms with Crippen LogP contribution in [0.25, 0.3) is 27.7 Å². The van der Waals surface area contributed by atoms with E-state index in [4.69, 9.17) is 4.42 Å². The van der Waals surface area contributed by atoms with Gasteiger partial charge in [0.25, 0.3) is 0 Å². The van der Waals surface area contributed by atoms with Gasteiger partial charge in [-0.25, -0.2) is 9.78 Å². The van der Waals surface area contributed by atoms with Gasteiger partial charge in [0.1, 0.15) is 11.9 Å². The summed E-state index contributed by atoms with van der Waals surface area (Å²) in [6, 6.07) is 13.7. The maximum absolute atomic E-state index is 12.1. The topological polar surface area (TPSA) is 48.0 Å². The molecule has 2 heterocycles. The van der Waals surface area contributed by atoms with Crippen LogP contribution in [0, 0.1) is 13.8 Å². The monoisotopic (exact) mass is 290 g/mol. The molecule has 22 heavy (non-hydrogen) atoms. The van der Waals surface area contributed by atoms with Crippen LogP contribution < -0.4 is 5.63 Å². The fraction of sp³-hybridized carbons (Fsp3) is 0.111. The lowest BCUT2D eigenvalue weighted by Crippen LogP contribution is -2.02. The molecule has 0 spiro atoms. The molecule has 2 aromatic heterocycles. The van der Waals surface area contributed by atoms with E-state index in [2.05, 4.69) is 24.9 Å². The second kappa shape index (κ2) is 4.56. The first-order valence-corrected chi connectivity index (χ1v) is 7.12. The van der Waals surface area contributed by atoms with Crippen molar-refractivity contribution >= 4 is 22.0 Å². The van der Waals surface area contributed by atoms with E-state index >= 15 is 0 Å². The van der Waals surface area contributed by atoms with Crippen molar-refractivity contribution in [1.82, 2.24) is 9.55 Å². The van der Waals surface area contributed by atoms with E-state index in [0.717, 1.165) is 16.6 Å². The lowest BCUT2D eigenvalue weighted by atomic mass is 10.1. The van der Waals surface area contributed by atoms with Crippen molar-refractivity contribution in [3.8, 4) is 5.69 Å². The summed E-state index contributed by atoms with van der Waals surface area (Å²) in [5, 5.41) is 0.885. The number of nitrogens with zero attached hydrogens (tertiary/aromatic N) is 2. The van der Waals surface area contributed by atoms with Gasteiger partial charge in [-0.05, 0) is 43.2 Å². The van der Waals surface area contributed by atoms with Gasteiger partial charge in [-0.15, -0.1) is 0 Å². The number of hydrogen-bond donors (Lipinski definition) is 0. The highest BCUT2D eigenvalue weighted by Crippen LogP contribution is 2.26. The molecule has 0 aliphatic rings. The van der Waals surface area contributed by atoms with Gasteiger partial charge >= 0.3 is 5.63 Å². The summed E-state index contributed by atoms with van der Waals surface area (Å²) < 4.78 is 7.32. The molecule has 0 N–H and O–H groups in total. The molecule has 0 radical (unpaired) electrons. The number of benzene rings is 2. The van der Waals surface area contributed by atoms with Gasteiger partial charge in [-0.3, -0.25) is 4.57 Å². The lowest BCUT2D eigenvalue weighted by molar-refractivity contribution is 0.568. The van der Waals surface area contributed by atoms with Gasteiger partial charge < -0.3 is 4.42 Å². The third-order valence-corrected chi connectivity index (χ3v) is 4.14. The van der Waals surface area contributed by atoms with Crippen LogP contribution in [0.15, 0.2) is 58.0 Å². The van der Waals surface area contributed by atoms with Gasteiger partial charge in [0.2, 0.25) is 0 Å². The fourth-order valence-electron chi connectivity index (χ4n) is 2.83. The zero-order valence-electron chi connectivity index (χ0n) is 12.3. The quantitative estimate of drug-likeness (QED) is 0.502. The number of aromatic nitrogens is 2. The number of imidazole rings is 1. The summed E-state index contributed by atoms with van der Waals surface area (Å²) in [6.07, 6.45) is 1.69. The maximum Gasteiger partial charge on any atom is 0.364 e. The summed E-state index contributed by atoms with van der Waals surface area (Å²) >= 11 is 0. The molecule has 4 rings (SSSR count). The molecule has 4 aromatic rings. The van der Waals surface area contributed by atoms with Crippen molar-refractivity contribution < 1.29 is 4.42 Å². The molecule has 4 nitrogen and oxygen atoms in total. The van der Waals surface area contributed by atoms with E-state index in [-0.39, 0.29) is 0 Å². The van der Waals surface area contributed by atoms with Crippen molar-refractivity contribution in [2.45, 2.75) is 13.8 Å². The van der Waals surface area contributed by atoms with Crippen LogP contribution in [0.3, 0.4) is 0 Å². The largest absolute Gasteiger partial charge is 0.421 e. The first kappa shape index (κ1) is 12.8. The fourth-order valence-corrected chi connectivity index (χ4v) is 2.83. The SMILES string of the molecule is Cc1cccc(-n2cnc3c(=O)oc4ccccc4c32)c1C. The summed E-state index contributed by atoms with van der Waals surface area (Å²) in [5.74, 6) is 0. The van der Waals surface area contributed by atoms with Crippen LogP contribution in [0.2, 0.25) is 0 Å². The molecular weight excluding hydrogens is 276 g/mol. The standard InChI is InChI=1S/C18H14N2O2/c1-11-6-5-8-14(12(11)2)20-10-19-16-17(20)13-7-3-4-9-15(13)22-18(16)21/h3-10H,1-2H3. The van der Waals surface area contributed by atoms with E-state index in [9.17, 15) is 4.79 Å². The van der Waals surface area contributed by atoms with Crippen LogP contribution in [-0.2, 0) is 0 Å². The van der Waals surface area contributed by atoms with Crippen LogP contribution in [-0.4, -0.2) is 9.55 Å². The van der Waals surface area contributed by atoms with Gasteiger partial charge in [-0.1, -0.05) is 24.3 Å². The highest BCUT2D eigenvalue weighted by Gasteiger charge is 2.15. The summed E-state index contributed by atoms with van der Waals surface area (Å²) in [6.45, 7) is 4.15. The van der Waals surface area contributed by atoms with E-state index in [0.29, 0.717) is 11.1 Å². The number of hydrogen-bond acceptors (Lipinski definition) is 3. The molecule has 0 fully saturated rings. The molecular formula is C18H14N2O2. The minimum Gasteiger partial charge on any atom is -0.421 e. The average molecular weight is 290 g/mol. The molecule has 0 saturated carbocycles. The zero-order valence-corrected chi connectivity index (χ0v) is 12.3. The van der Waals surface area contributed by atoms with Crippen molar-refractivity contribution in [2.24, 2.45) is 0 Å². The zero-order chi connectivity index (χ0) is 15.3. The Labute approximate surface area is 126 Å². The lowest BCUT2D eigenvalue weighted by Gasteiger charge is -2.11. The number of rotatable bonds is 1. The highest BCUT2D eigenvalue weighted by atomic mass is 16.4. The molecule has 0 aliphatic carbocycles. The third kappa shape index (κ3) is 1.70. The van der Waals surface area contributed by atoms with Crippen LogP contribution >= 0.6 is 0 Å². The minimum atomic E-state index is -0.405. The van der Waals surface area contributed by atoms with Crippen LogP contribution in [0.1, 0.15) is 11.1 Å². The van der Waals surface area contributed by atoms with Gasteiger partial charge in [-0.2, -0.15) is 0 Å². The van der Waals surface area contributed by atoms with Gasteiger partial charge in [0.05, 0.1) is 11.2 Å². The van der Waals surface area contributed by atoms with Crippen LogP contribution in [0.4, 0.5) is 0 Å². The molecule has 2 aromatic carbocycles. The third-order valence-electron chi connectivity index (χ3n) is 4.14. The molecule has 0 unspecified atom stereocenters. The van der Waals surface area contributed by atoms with Crippen LogP contribution in [0.5, 0.6) is 0 Å². The number of fused-ring (bicyclic) bond motifs is 3. The van der Waals surface area contributed by atoms with E-state index in [1.807, 2.05) is 34.9 Å². The van der Waals surface area contributed by atoms with E-state index in [1.54, 1.807) is 12.4 Å². The summed E-state index contributed by atoms with van der Waals surface area (Å²) in [7, 11) is 0. The van der Waals surface area contributed by atoms with Crippen molar-refractivity contribution in [3.05, 3.63) is 70.3 Å². The Balaban J connectivity index is 2.20. The average Bonchev–Trinajstić information content (AvgIpc) is 2.96. The van der Waals surface area contributed by atoms with Crippen molar-refractivity contribution in [2.75, 3.05) is 0 Å². The van der Waals surface area contributed by atoms with Crippen molar-refractivity contribution in [3.63, 3.8) is 0 Å². The predicted octanol–water partition coefficient (Wildman–Crippen LogP) is 3.75. The Morgan fingerprint density at radius 3 is 2.73 bits per heavy atom. The second-order valence-electron chi connectivity index (χ2n) is 5.42. The summed E-state index contributed by atoms with van der Waals surface area (Å²) in [5.41, 5.74) is 4.72. The van der Waals surface area contributed by atoms with Crippen molar-refractivity contribution in [1.29, 1.82) is 0 Å². The Hall–Kier alpha value is -2.88. The maximum atomic E-state index is 12.1. The Kier molecular flexibility index (Phi) is 2.66. The predicted molar refractivity (Wildman–Crippen MR) is 86.6 cm³/mol. The van der Waals surface area contributed by atoms with E-state index in [1.165, 1.54) is 11.1 Å². The molecule has 0 amide bonds. The Bertz CT molecular complexity index is 1070. The second-order valence-corrected chi connectivity index (χ2v) is 5.42. The molecule has 0 saturated heterocycles. The molecule has 0 bridgehead atoms. The number of aryl methyl sites for hydroxylation is 1. The summed E-state index contributed by atoms with van der Waals surface area (Å²) in [4.78, 5) is 16.4. The Morgan fingerprint density at radius 1 is 1.05 bits per heavy atom. The first-order valence-electron chi connectivity index (χ1n) is 7.12. The highest BCUT2D eigenvalue weighted by molar-refractivity contribution is 6.01. The Morgan fingerprint density at radius 2 is 1.86 bits per heavy atom. The van der Waals surface area contributed by atoms with E-state index < -0.39 is 5.63 Å². The minimum absolute atomic E-state index is 0.361. The van der Waals surface area contributed by atoms with Gasteiger partial charge in [0.15, 0.2) is 5.52 Å². The molecule has 4 heteroatoms. The first-order chi connectivity index (χ1) is 10.7. The normalized spacial score (nSPS) is 11.4.